The van der Waals surface area contributed by atoms with Gasteiger partial charge in [0.1, 0.15) is 6.54 Å². The number of carbonyl (C=O) groups excluding carboxylic acids is 1. The maximum Gasteiger partial charge on any atom is 0.243 e. The highest BCUT2D eigenvalue weighted by atomic mass is 32.2. The fourth-order valence-corrected chi connectivity index (χ4v) is 3.87. The molecule has 0 heterocycles. The predicted molar refractivity (Wildman–Crippen MR) is 110 cm³/mol. The minimum Gasteiger partial charge on any atom is -0.334 e. The molecule has 0 aliphatic rings. The van der Waals surface area contributed by atoms with Crippen LogP contribution in [0.4, 0.5) is 5.69 Å². The third-order valence-electron chi connectivity index (χ3n) is 4.46. The van der Waals surface area contributed by atoms with Crippen molar-refractivity contribution < 1.29 is 13.2 Å². The van der Waals surface area contributed by atoms with E-state index in [1.807, 2.05) is 63.2 Å². The van der Waals surface area contributed by atoms with Crippen molar-refractivity contribution in [2.45, 2.75) is 39.8 Å². The van der Waals surface area contributed by atoms with Crippen LogP contribution in [0.5, 0.6) is 0 Å². The van der Waals surface area contributed by atoms with E-state index >= 15 is 0 Å². The van der Waals surface area contributed by atoms with Crippen LogP contribution in [0.3, 0.4) is 0 Å². The lowest BCUT2D eigenvalue weighted by Crippen LogP contribution is -2.45. The van der Waals surface area contributed by atoms with E-state index in [9.17, 15) is 13.2 Å². The van der Waals surface area contributed by atoms with E-state index in [4.69, 9.17) is 0 Å². The Kier molecular flexibility index (Phi) is 7.02. The van der Waals surface area contributed by atoms with Gasteiger partial charge in [0.05, 0.1) is 11.9 Å². The van der Waals surface area contributed by atoms with Crippen molar-refractivity contribution in [3.8, 4) is 0 Å². The number of benzene rings is 2. The Balaban J connectivity index is 2.31. The molecule has 0 bridgehead atoms. The molecule has 5 nitrogen and oxygen atoms in total. The van der Waals surface area contributed by atoms with E-state index < -0.39 is 10.0 Å². The van der Waals surface area contributed by atoms with Gasteiger partial charge in [0.25, 0.3) is 0 Å². The molecule has 0 aromatic heterocycles. The molecule has 0 saturated heterocycles. The van der Waals surface area contributed by atoms with Gasteiger partial charge < -0.3 is 4.90 Å². The van der Waals surface area contributed by atoms with Gasteiger partial charge in [-0.1, -0.05) is 55.5 Å². The number of rotatable bonds is 8. The lowest BCUT2D eigenvalue weighted by molar-refractivity contribution is -0.131. The van der Waals surface area contributed by atoms with Crippen molar-refractivity contribution in [1.29, 1.82) is 0 Å². The zero-order valence-electron chi connectivity index (χ0n) is 16.4. The summed E-state index contributed by atoms with van der Waals surface area (Å²) in [7, 11) is -3.59. The van der Waals surface area contributed by atoms with Gasteiger partial charge in [-0.25, -0.2) is 8.42 Å². The van der Waals surface area contributed by atoms with Crippen LogP contribution in [-0.4, -0.2) is 38.1 Å². The molecule has 0 spiro atoms. The van der Waals surface area contributed by atoms with Crippen LogP contribution in [0.1, 0.15) is 31.9 Å². The molecule has 2 aromatic carbocycles. The summed E-state index contributed by atoms with van der Waals surface area (Å²) in [6, 6.07) is 17.0. The van der Waals surface area contributed by atoms with E-state index in [1.54, 1.807) is 17.0 Å². The van der Waals surface area contributed by atoms with E-state index in [1.165, 1.54) is 4.31 Å². The topological polar surface area (TPSA) is 57.7 Å². The van der Waals surface area contributed by atoms with Crippen LogP contribution < -0.4 is 4.31 Å². The molecule has 6 heteroatoms. The molecular formula is C21H28N2O3S. The fourth-order valence-electron chi connectivity index (χ4n) is 2.99. The Hall–Kier alpha value is -2.34. The zero-order chi connectivity index (χ0) is 20.0. The Bertz CT molecular complexity index is 864. The average Bonchev–Trinajstić information content (AvgIpc) is 2.63. The molecule has 2 rings (SSSR count). The second kappa shape index (κ2) is 9.04. The molecule has 27 heavy (non-hydrogen) atoms. The Labute approximate surface area is 162 Å². The monoisotopic (exact) mass is 388 g/mol. The van der Waals surface area contributed by atoms with Crippen LogP contribution in [0, 0.1) is 0 Å². The number of anilines is 1. The summed E-state index contributed by atoms with van der Waals surface area (Å²) in [4.78, 5) is 14.7. The van der Waals surface area contributed by atoms with Gasteiger partial charge in [0, 0.05) is 12.6 Å². The van der Waals surface area contributed by atoms with E-state index in [2.05, 4.69) is 0 Å². The number of amides is 1. The molecule has 0 aliphatic heterocycles. The quantitative estimate of drug-likeness (QED) is 0.696. The summed E-state index contributed by atoms with van der Waals surface area (Å²) in [6.45, 7) is 6.08. The van der Waals surface area contributed by atoms with Gasteiger partial charge >= 0.3 is 0 Å². The molecule has 2 aromatic rings. The summed E-state index contributed by atoms with van der Waals surface area (Å²) in [6.07, 6.45) is 1.83. The second-order valence-corrected chi connectivity index (χ2v) is 8.76. The largest absolute Gasteiger partial charge is 0.334 e. The molecule has 0 saturated carbocycles. The summed E-state index contributed by atoms with van der Waals surface area (Å²) in [5.74, 6) is -0.217. The van der Waals surface area contributed by atoms with Gasteiger partial charge in [0.2, 0.25) is 15.9 Å². The highest BCUT2D eigenvalue weighted by molar-refractivity contribution is 7.92. The molecule has 1 amide bonds. The normalized spacial score (nSPS) is 11.4. The number of hydrogen-bond donors (Lipinski definition) is 0. The van der Waals surface area contributed by atoms with Crippen molar-refractivity contribution in [3.63, 3.8) is 0 Å². The van der Waals surface area contributed by atoms with Gasteiger partial charge in [-0.2, -0.15) is 0 Å². The van der Waals surface area contributed by atoms with Gasteiger partial charge in [-0.15, -0.1) is 0 Å². The molecule has 0 atom stereocenters. The van der Waals surface area contributed by atoms with Crippen molar-refractivity contribution >= 4 is 21.6 Å². The summed E-state index contributed by atoms with van der Waals surface area (Å²) in [5.41, 5.74) is 2.48. The van der Waals surface area contributed by atoms with Crippen molar-refractivity contribution in [2.24, 2.45) is 0 Å². The molecular weight excluding hydrogens is 360 g/mol. The second-order valence-electron chi connectivity index (χ2n) is 6.85. The maximum atomic E-state index is 13.0. The van der Waals surface area contributed by atoms with Crippen LogP contribution in [0.25, 0.3) is 0 Å². The number of sulfonamides is 1. The van der Waals surface area contributed by atoms with Crippen LogP contribution >= 0.6 is 0 Å². The summed E-state index contributed by atoms with van der Waals surface area (Å²) < 4.78 is 26.1. The minimum atomic E-state index is -3.59. The summed E-state index contributed by atoms with van der Waals surface area (Å²) >= 11 is 0. The van der Waals surface area contributed by atoms with Gasteiger partial charge in [0.15, 0.2) is 0 Å². The van der Waals surface area contributed by atoms with E-state index in [0.717, 1.165) is 17.4 Å². The van der Waals surface area contributed by atoms with Gasteiger partial charge in [-0.3, -0.25) is 9.10 Å². The standard InChI is InChI=1S/C21H28N2O3S/c1-5-19-13-9-10-14-20(19)23(27(4,25)26)16-21(24)22(17(2)3)15-18-11-7-6-8-12-18/h6-14,17H,5,15-16H2,1-4H3. The number of nitrogens with zero attached hydrogens (tertiary/aromatic N) is 2. The van der Waals surface area contributed by atoms with E-state index in [0.29, 0.717) is 18.7 Å². The van der Waals surface area contributed by atoms with Crippen LogP contribution in [0.2, 0.25) is 0 Å². The molecule has 0 fully saturated rings. The molecule has 0 aliphatic carbocycles. The zero-order valence-corrected chi connectivity index (χ0v) is 17.2. The Morgan fingerprint density at radius 3 is 2.15 bits per heavy atom. The smallest absolute Gasteiger partial charge is 0.243 e. The molecule has 0 radical (unpaired) electrons. The Morgan fingerprint density at radius 2 is 1.59 bits per heavy atom. The fraction of sp³-hybridized carbons (Fsp3) is 0.381. The first kappa shape index (κ1) is 21.0. The Morgan fingerprint density at radius 1 is 1.00 bits per heavy atom. The van der Waals surface area contributed by atoms with Crippen molar-refractivity contribution in [1.82, 2.24) is 4.90 Å². The van der Waals surface area contributed by atoms with Crippen molar-refractivity contribution in [3.05, 3.63) is 65.7 Å². The first-order chi connectivity index (χ1) is 12.7. The van der Waals surface area contributed by atoms with Crippen LogP contribution in [0.15, 0.2) is 54.6 Å². The average molecular weight is 389 g/mol. The SMILES string of the molecule is CCc1ccccc1N(CC(=O)N(Cc1ccccc1)C(C)C)S(C)(=O)=O. The number of carbonyl (C=O) groups is 1. The highest BCUT2D eigenvalue weighted by Gasteiger charge is 2.26. The highest BCUT2D eigenvalue weighted by Crippen LogP contribution is 2.24. The number of para-hydroxylation sites is 1. The number of aryl methyl sites for hydroxylation is 1. The minimum absolute atomic E-state index is 0.0412. The summed E-state index contributed by atoms with van der Waals surface area (Å²) in [5, 5.41) is 0. The third-order valence-corrected chi connectivity index (χ3v) is 5.59. The maximum absolute atomic E-state index is 13.0. The lowest BCUT2D eigenvalue weighted by Gasteiger charge is -2.31. The molecule has 146 valence electrons. The first-order valence-electron chi connectivity index (χ1n) is 9.13. The van der Waals surface area contributed by atoms with Crippen LogP contribution in [-0.2, 0) is 27.8 Å². The van der Waals surface area contributed by atoms with Crippen molar-refractivity contribution in [2.75, 3.05) is 17.1 Å². The lowest BCUT2D eigenvalue weighted by atomic mass is 10.1. The number of hydrogen-bond acceptors (Lipinski definition) is 3. The first-order valence-corrected chi connectivity index (χ1v) is 11.0. The molecule has 0 N–H and O–H groups in total. The van der Waals surface area contributed by atoms with Gasteiger partial charge in [-0.05, 0) is 37.5 Å². The third kappa shape index (κ3) is 5.57. The van der Waals surface area contributed by atoms with E-state index in [-0.39, 0.29) is 18.5 Å². The predicted octanol–water partition coefficient (Wildman–Crippen LogP) is 3.45. The molecule has 0 unspecified atom stereocenters.